The number of hydrogen-bond acceptors (Lipinski definition) is 2. The molecule has 0 saturated heterocycles. The third-order valence-electron chi connectivity index (χ3n) is 1.74. The predicted octanol–water partition coefficient (Wildman–Crippen LogP) is 0.789. The molecule has 2 heteroatoms. The van der Waals surface area contributed by atoms with E-state index in [1.807, 2.05) is 13.8 Å². The van der Waals surface area contributed by atoms with Crippen LogP contribution in [-0.4, -0.2) is 11.8 Å². The molecule has 0 heterocycles. The zero-order chi connectivity index (χ0) is 7.72. The Morgan fingerprint density at radius 2 is 2.00 bits per heavy atom. The second kappa shape index (κ2) is 2.39. The molecule has 0 aromatic rings. The summed E-state index contributed by atoms with van der Waals surface area (Å²) in [5.41, 5.74) is 7.58. The smallest absolute Gasteiger partial charge is 0.176 e. The van der Waals surface area contributed by atoms with Crippen molar-refractivity contribution in [1.29, 1.82) is 0 Å². The summed E-state index contributed by atoms with van der Waals surface area (Å²) in [6.07, 6.45) is 3.39. The van der Waals surface area contributed by atoms with Crippen molar-refractivity contribution in [3.63, 3.8) is 0 Å². The number of hydrogen-bond donors (Lipinski definition) is 1. The number of rotatable bonds is 0. The molecule has 2 N–H and O–H groups in total. The van der Waals surface area contributed by atoms with Gasteiger partial charge in [0.2, 0.25) is 0 Å². The minimum Gasteiger partial charge on any atom is -0.318 e. The standard InChI is InChI=1S/C8H11NO/c1-5-3-7(9)8(10)4-6(5)2/h3-4,7H,9H2,1-2H3. The quantitative estimate of drug-likeness (QED) is 0.536. The molecule has 1 rings (SSSR count). The maximum Gasteiger partial charge on any atom is 0.176 e. The van der Waals surface area contributed by atoms with Gasteiger partial charge in [-0.15, -0.1) is 0 Å². The van der Waals surface area contributed by atoms with Gasteiger partial charge < -0.3 is 5.73 Å². The first kappa shape index (κ1) is 7.22. The molecule has 2 nitrogen and oxygen atoms in total. The Hall–Kier alpha value is -0.890. The molecule has 54 valence electrons. The van der Waals surface area contributed by atoms with Gasteiger partial charge in [0.1, 0.15) is 0 Å². The average molecular weight is 137 g/mol. The molecule has 0 radical (unpaired) electrons. The first-order valence-electron chi connectivity index (χ1n) is 3.28. The summed E-state index contributed by atoms with van der Waals surface area (Å²) in [4.78, 5) is 10.9. The molecule has 0 bridgehead atoms. The van der Waals surface area contributed by atoms with Crippen molar-refractivity contribution in [3.8, 4) is 0 Å². The fourth-order valence-corrected chi connectivity index (χ4v) is 0.906. The van der Waals surface area contributed by atoms with Gasteiger partial charge in [-0.05, 0) is 25.5 Å². The molecule has 0 aromatic carbocycles. The SMILES string of the molecule is CC1=CC(=O)C(N)C=C1C. The average Bonchev–Trinajstić information content (AvgIpc) is 1.84. The predicted molar refractivity (Wildman–Crippen MR) is 40.5 cm³/mol. The van der Waals surface area contributed by atoms with Crippen LogP contribution in [0.2, 0.25) is 0 Å². The van der Waals surface area contributed by atoms with Crippen LogP contribution in [-0.2, 0) is 4.79 Å². The van der Waals surface area contributed by atoms with Crippen LogP contribution in [0.4, 0.5) is 0 Å². The van der Waals surface area contributed by atoms with Gasteiger partial charge in [0.25, 0.3) is 0 Å². The highest BCUT2D eigenvalue weighted by atomic mass is 16.1. The first-order valence-corrected chi connectivity index (χ1v) is 3.28. The molecule has 0 aromatic heterocycles. The third kappa shape index (κ3) is 1.16. The maximum absolute atomic E-state index is 10.9. The Labute approximate surface area is 60.4 Å². The number of nitrogens with two attached hydrogens (primary N) is 1. The molecule has 10 heavy (non-hydrogen) atoms. The number of carbonyl (C=O) groups excluding carboxylic acids is 1. The number of carbonyl (C=O) groups is 1. The fraction of sp³-hybridized carbons (Fsp3) is 0.375. The summed E-state index contributed by atoms with van der Waals surface area (Å²) in [7, 11) is 0. The maximum atomic E-state index is 10.9. The highest BCUT2D eigenvalue weighted by Gasteiger charge is 2.13. The molecule has 0 spiro atoms. The Morgan fingerprint density at radius 3 is 2.50 bits per heavy atom. The lowest BCUT2D eigenvalue weighted by Gasteiger charge is -2.11. The lowest BCUT2D eigenvalue weighted by Crippen LogP contribution is -2.29. The van der Waals surface area contributed by atoms with Crippen molar-refractivity contribution < 1.29 is 4.79 Å². The van der Waals surface area contributed by atoms with Crippen LogP contribution in [0.3, 0.4) is 0 Å². The molecule has 0 fully saturated rings. The van der Waals surface area contributed by atoms with Crippen molar-refractivity contribution in [2.24, 2.45) is 5.73 Å². The zero-order valence-corrected chi connectivity index (χ0v) is 6.22. The molecule has 1 aliphatic carbocycles. The normalized spacial score (nSPS) is 25.9. The number of ketones is 1. The minimum atomic E-state index is -0.413. The molecule has 1 aliphatic rings. The molecular formula is C8H11NO. The second-order valence-corrected chi connectivity index (χ2v) is 2.61. The van der Waals surface area contributed by atoms with Gasteiger partial charge in [0.15, 0.2) is 5.78 Å². The van der Waals surface area contributed by atoms with Gasteiger partial charge in [-0.1, -0.05) is 11.6 Å². The Kier molecular flexibility index (Phi) is 1.72. The fourth-order valence-electron chi connectivity index (χ4n) is 0.906. The van der Waals surface area contributed by atoms with Crippen LogP contribution in [0.15, 0.2) is 23.3 Å². The van der Waals surface area contributed by atoms with E-state index in [9.17, 15) is 4.79 Å². The van der Waals surface area contributed by atoms with Crippen molar-refractivity contribution in [2.75, 3.05) is 0 Å². The molecule has 1 atom stereocenters. The summed E-state index contributed by atoms with van der Waals surface area (Å²) < 4.78 is 0. The van der Waals surface area contributed by atoms with Gasteiger partial charge in [0, 0.05) is 0 Å². The van der Waals surface area contributed by atoms with E-state index in [1.54, 1.807) is 12.2 Å². The zero-order valence-electron chi connectivity index (χ0n) is 6.22. The van der Waals surface area contributed by atoms with E-state index in [4.69, 9.17) is 5.73 Å². The first-order chi connectivity index (χ1) is 4.61. The van der Waals surface area contributed by atoms with Crippen molar-refractivity contribution in [1.82, 2.24) is 0 Å². The highest BCUT2D eigenvalue weighted by Crippen LogP contribution is 2.13. The lowest BCUT2D eigenvalue weighted by molar-refractivity contribution is -0.115. The van der Waals surface area contributed by atoms with Crippen LogP contribution in [0.5, 0.6) is 0 Å². The van der Waals surface area contributed by atoms with E-state index in [0.29, 0.717) is 0 Å². The molecular weight excluding hydrogens is 126 g/mol. The van der Waals surface area contributed by atoms with Crippen LogP contribution in [0.1, 0.15) is 13.8 Å². The van der Waals surface area contributed by atoms with Crippen molar-refractivity contribution >= 4 is 5.78 Å². The third-order valence-corrected chi connectivity index (χ3v) is 1.74. The van der Waals surface area contributed by atoms with Gasteiger partial charge in [-0.2, -0.15) is 0 Å². The van der Waals surface area contributed by atoms with Crippen molar-refractivity contribution in [3.05, 3.63) is 23.3 Å². The summed E-state index contributed by atoms with van der Waals surface area (Å²) in [5.74, 6) is 0.00287. The molecule has 0 amide bonds. The molecule has 1 unspecified atom stereocenters. The largest absolute Gasteiger partial charge is 0.318 e. The summed E-state index contributed by atoms with van der Waals surface area (Å²) in [5, 5.41) is 0. The van der Waals surface area contributed by atoms with E-state index in [0.717, 1.165) is 11.1 Å². The Balaban J connectivity index is 2.94. The Bertz CT molecular complexity index is 225. The van der Waals surface area contributed by atoms with Crippen molar-refractivity contribution in [2.45, 2.75) is 19.9 Å². The van der Waals surface area contributed by atoms with Gasteiger partial charge >= 0.3 is 0 Å². The monoisotopic (exact) mass is 137 g/mol. The molecule has 0 saturated carbocycles. The van der Waals surface area contributed by atoms with E-state index < -0.39 is 6.04 Å². The van der Waals surface area contributed by atoms with E-state index in [-0.39, 0.29) is 5.78 Å². The summed E-state index contributed by atoms with van der Waals surface area (Å²) in [6.45, 7) is 3.87. The van der Waals surface area contributed by atoms with Crippen LogP contribution < -0.4 is 5.73 Å². The van der Waals surface area contributed by atoms with E-state index >= 15 is 0 Å². The van der Waals surface area contributed by atoms with Crippen LogP contribution >= 0.6 is 0 Å². The van der Waals surface area contributed by atoms with Crippen LogP contribution in [0.25, 0.3) is 0 Å². The highest BCUT2D eigenvalue weighted by molar-refractivity contribution is 5.98. The van der Waals surface area contributed by atoms with E-state index in [1.165, 1.54) is 0 Å². The van der Waals surface area contributed by atoms with Gasteiger partial charge in [0.05, 0.1) is 6.04 Å². The van der Waals surface area contributed by atoms with Crippen LogP contribution in [0, 0.1) is 0 Å². The summed E-state index contributed by atoms with van der Waals surface area (Å²) in [6, 6.07) is -0.413. The van der Waals surface area contributed by atoms with Gasteiger partial charge in [-0.25, -0.2) is 0 Å². The number of allylic oxidation sites excluding steroid dienone is 2. The topological polar surface area (TPSA) is 43.1 Å². The van der Waals surface area contributed by atoms with E-state index in [2.05, 4.69) is 0 Å². The summed E-state index contributed by atoms with van der Waals surface area (Å²) >= 11 is 0. The minimum absolute atomic E-state index is 0.00287. The lowest BCUT2D eigenvalue weighted by atomic mass is 9.97. The molecule has 0 aliphatic heterocycles. The second-order valence-electron chi connectivity index (χ2n) is 2.61. The Morgan fingerprint density at radius 1 is 1.40 bits per heavy atom. The van der Waals surface area contributed by atoms with Gasteiger partial charge in [-0.3, -0.25) is 4.79 Å².